The van der Waals surface area contributed by atoms with E-state index in [0.717, 1.165) is 5.56 Å². The predicted molar refractivity (Wildman–Crippen MR) is 67.9 cm³/mol. The van der Waals surface area contributed by atoms with Gasteiger partial charge in [-0.15, -0.1) is 0 Å². The van der Waals surface area contributed by atoms with Crippen LogP contribution in [0.5, 0.6) is 0 Å². The first-order chi connectivity index (χ1) is 7.66. The van der Waals surface area contributed by atoms with Gasteiger partial charge in [-0.2, -0.15) is 11.3 Å². The molecule has 0 radical (unpaired) electrons. The summed E-state index contributed by atoms with van der Waals surface area (Å²) in [5.74, 6) is -0.126. The van der Waals surface area contributed by atoms with Crippen molar-refractivity contribution in [2.45, 2.75) is 6.92 Å². The van der Waals surface area contributed by atoms with Crippen LogP contribution in [0.3, 0.4) is 0 Å². The molecule has 1 aromatic heterocycles. The Labute approximate surface area is 97.9 Å². The fourth-order valence-electron chi connectivity index (χ4n) is 1.37. The molecule has 0 fully saturated rings. The molecule has 0 unspecified atom stereocenters. The summed E-state index contributed by atoms with van der Waals surface area (Å²) in [7, 11) is 0. The molecule has 0 aliphatic rings. The lowest BCUT2D eigenvalue weighted by atomic mass is 10.2. The molecular weight excluding hydrogens is 220 g/mol. The minimum atomic E-state index is -0.126. The number of anilines is 2. The molecule has 4 heteroatoms. The molecule has 0 saturated heterocycles. The molecule has 0 aliphatic carbocycles. The van der Waals surface area contributed by atoms with Crippen molar-refractivity contribution < 1.29 is 4.79 Å². The smallest absolute Gasteiger partial charge is 0.256 e. The van der Waals surface area contributed by atoms with E-state index in [9.17, 15) is 4.79 Å². The number of benzene rings is 1. The van der Waals surface area contributed by atoms with Crippen LogP contribution in [-0.4, -0.2) is 5.91 Å². The zero-order chi connectivity index (χ0) is 11.5. The summed E-state index contributed by atoms with van der Waals surface area (Å²) >= 11 is 1.49. The average Bonchev–Trinajstić information content (AvgIpc) is 2.76. The lowest BCUT2D eigenvalue weighted by molar-refractivity contribution is 0.102. The predicted octanol–water partition coefficient (Wildman–Crippen LogP) is 2.89. The Kier molecular flexibility index (Phi) is 2.92. The van der Waals surface area contributed by atoms with Crippen LogP contribution in [0.4, 0.5) is 11.4 Å². The number of hydrogen-bond donors (Lipinski definition) is 2. The summed E-state index contributed by atoms with van der Waals surface area (Å²) in [6.45, 7) is 1.96. The van der Waals surface area contributed by atoms with Crippen LogP contribution in [-0.2, 0) is 0 Å². The van der Waals surface area contributed by atoms with Gasteiger partial charge >= 0.3 is 0 Å². The number of nitrogens with one attached hydrogen (secondary N) is 1. The van der Waals surface area contributed by atoms with Gasteiger partial charge in [0.2, 0.25) is 0 Å². The standard InChI is InChI=1S/C12H12N2OS/c1-8-2-3-10(13)11(6-8)14-12(15)9-4-5-16-7-9/h2-7H,13H2,1H3,(H,14,15). The molecule has 16 heavy (non-hydrogen) atoms. The van der Waals surface area contributed by atoms with Gasteiger partial charge in [-0.1, -0.05) is 6.07 Å². The number of rotatable bonds is 2. The zero-order valence-corrected chi connectivity index (χ0v) is 9.67. The molecule has 1 amide bonds. The molecule has 0 aliphatic heterocycles. The molecule has 3 nitrogen and oxygen atoms in total. The van der Waals surface area contributed by atoms with Crippen molar-refractivity contribution >= 4 is 28.6 Å². The van der Waals surface area contributed by atoms with Crippen molar-refractivity contribution in [1.82, 2.24) is 0 Å². The minimum absolute atomic E-state index is 0.126. The average molecular weight is 232 g/mol. The lowest BCUT2D eigenvalue weighted by Crippen LogP contribution is -2.12. The molecule has 0 bridgehead atoms. The van der Waals surface area contributed by atoms with Crippen LogP contribution >= 0.6 is 11.3 Å². The van der Waals surface area contributed by atoms with Gasteiger partial charge in [0.25, 0.3) is 5.91 Å². The second-order valence-electron chi connectivity index (χ2n) is 3.56. The van der Waals surface area contributed by atoms with E-state index in [1.807, 2.05) is 24.4 Å². The molecule has 2 aromatic rings. The van der Waals surface area contributed by atoms with Crippen molar-refractivity contribution in [3.63, 3.8) is 0 Å². The zero-order valence-electron chi connectivity index (χ0n) is 8.86. The summed E-state index contributed by atoms with van der Waals surface area (Å²) in [4.78, 5) is 11.8. The Morgan fingerprint density at radius 1 is 1.38 bits per heavy atom. The highest BCUT2D eigenvalue weighted by atomic mass is 32.1. The molecule has 3 N–H and O–H groups in total. The van der Waals surface area contributed by atoms with E-state index in [-0.39, 0.29) is 5.91 Å². The monoisotopic (exact) mass is 232 g/mol. The number of carbonyl (C=O) groups is 1. The maximum absolute atomic E-state index is 11.8. The second-order valence-corrected chi connectivity index (χ2v) is 4.34. The van der Waals surface area contributed by atoms with Gasteiger partial charge in [-0.05, 0) is 36.1 Å². The first kappa shape index (κ1) is 10.7. The van der Waals surface area contributed by atoms with E-state index in [1.165, 1.54) is 11.3 Å². The van der Waals surface area contributed by atoms with E-state index in [0.29, 0.717) is 16.9 Å². The van der Waals surface area contributed by atoms with Crippen molar-refractivity contribution in [2.24, 2.45) is 0 Å². The highest BCUT2D eigenvalue weighted by molar-refractivity contribution is 7.08. The Bertz CT molecular complexity index is 506. The molecular formula is C12H12N2OS. The summed E-state index contributed by atoms with van der Waals surface area (Å²) in [6.07, 6.45) is 0. The molecule has 82 valence electrons. The van der Waals surface area contributed by atoms with Gasteiger partial charge in [0.1, 0.15) is 0 Å². The highest BCUT2D eigenvalue weighted by Crippen LogP contribution is 2.20. The van der Waals surface area contributed by atoms with Crippen molar-refractivity contribution in [3.8, 4) is 0 Å². The molecule has 1 heterocycles. The summed E-state index contributed by atoms with van der Waals surface area (Å²) in [5, 5.41) is 6.47. The van der Waals surface area contributed by atoms with E-state index in [4.69, 9.17) is 5.73 Å². The van der Waals surface area contributed by atoms with E-state index in [2.05, 4.69) is 5.32 Å². The Morgan fingerprint density at radius 3 is 2.88 bits per heavy atom. The topological polar surface area (TPSA) is 55.1 Å². The molecule has 0 saturated carbocycles. The highest BCUT2D eigenvalue weighted by Gasteiger charge is 2.08. The molecule has 1 aromatic carbocycles. The largest absolute Gasteiger partial charge is 0.397 e. The van der Waals surface area contributed by atoms with Gasteiger partial charge in [-0.3, -0.25) is 4.79 Å². The summed E-state index contributed by atoms with van der Waals surface area (Å²) in [6, 6.07) is 7.35. The number of aryl methyl sites for hydroxylation is 1. The van der Waals surface area contributed by atoms with Gasteiger partial charge in [0.15, 0.2) is 0 Å². The summed E-state index contributed by atoms with van der Waals surface area (Å²) < 4.78 is 0. The lowest BCUT2D eigenvalue weighted by Gasteiger charge is -2.08. The number of nitrogen functional groups attached to an aromatic ring is 1. The van der Waals surface area contributed by atoms with E-state index in [1.54, 1.807) is 17.5 Å². The third-order valence-electron chi connectivity index (χ3n) is 2.24. The van der Waals surface area contributed by atoms with Crippen molar-refractivity contribution in [3.05, 3.63) is 46.2 Å². The first-order valence-electron chi connectivity index (χ1n) is 4.86. The van der Waals surface area contributed by atoms with Crippen LogP contribution in [0.25, 0.3) is 0 Å². The van der Waals surface area contributed by atoms with Gasteiger partial charge in [0.05, 0.1) is 16.9 Å². The van der Waals surface area contributed by atoms with Gasteiger partial charge in [-0.25, -0.2) is 0 Å². The second kappa shape index (κ2) is 4.37. The maximum Gasteiger partial charge on any atom is 0.256 e. The van der Waals surface area contributed by atoms with Crippen LogP contribution < -0.4 is 11.1 Å². The molecule has 0 spiro atoms. The normalized spacial score (nSPS) is 10.1. The SMILES string of the molecule is Cc1ccc(N)c(NC(=O)c2ccsc2)c1. The third-order valence-corrected chi connectivity index (χ3v) is 2.92. The Balaban J connectivity index is 2.21. The minimum Gasteiger partial charge on any atom is -0.397 e. The van der Waals surface area contributed by atoms with Crippen LogP contribution in [0.2, 0.25) is 0 Å². The van der Waals surface area contributed by atoms with Crippen molar-refractivity contribution in [2.75, 3.05) is 11.1 Å². The van der Waals surface area contributed by atoms with E-state index < -0.39 is 0 Å². The Morgan fingerprint density at radius 2 is 2.19 bits per heavy atom. The number of carbonyl (C=O) groups excluding carboxylic acids is 1. The number of amides is 1. The number of thiophene rings is 1. The molecule has 2 rings (SSSR count). The maximum atomic E-state index is 11.8. The third kappa shape index (κ3) is 2.23. The van der Waals surface area contributed by atoms with E-state index >= 15 is 0 Å². The van der Waals surface area contributed by atoms with Crippen LogP contribution in [0.15, 0.2) is 35.0 Å². The molecule has 0 atom stereocenters. The van der Waals surface area contributed by atoms with Gasteiger partial charge < -0.3 is 11.1 Å². The number of hydrogen-bond acceptors (Lipinski definition) is 3. The summed E-state index contributed by atoms with van der Waals surface area (Å²) in [5.41, 5.74) is 8.74. The van der Waals surface area contributed by atoms with Crippen LogP contribution in [0.1, 0.15) is 15.9 Å². The van der Waals surface area contributed by atoms with Crippen LogP contribution in [0, 0.1) is 6.92 Å². The number of nitrogens with two attached hydrogens (primary N) is 1. The quantitative estimate of drug-likeness (QED) is 0.782. The van der Waals surface area contributed by atoms with Gasteiger partial charge in [0, 0.05) is 5.38 Å². The first-order valence-corrected chi connectivity index (χ1v) is 5.81. The fourth-order valence-corrected chi connectivity index (χ4v) is 2.00. The Hall–Kier alpha value is -1.81. The van der Waals surface area contributed by atoms with Crippen molar-refractivity contribution in [1.29, 1.82) is 0 Å². The fraction of sp³-hybridized carbons (Fsp3) is 0.0833.